The molecule has 1 fully saturated rings. The van der Waals surface area contributed by atoms with E-state index in [1.807, 2.05) is 0 Å². The molecule has 1 saturated heterocycles. The fourth-order valence-corrected chi connectivity index (χ4v) is 4.40. The highest BCUT2D eigenvalue weighted by atomic mass is 32.2. The van der Waals surface area contributed by atoms with Crippen LogP contribution in [-0.2, 0) is 21.5 Å². The van der Waals surface area contributed by atoms with Crippen LogP contribution in [0.3, 0.4) is 0 Å². The number of benzene rings is 1. The summed E-state index contributed by atoms with van der Waals surface area (Å²) in [7, 11) is 0.532. The maximum Gasteiger partial charge on any atom is 0.280 e. The van der Waals surface area contributed by atoms with Gasteiger partial charge in [0.2, 0.25) is 5.91 Å². The van der Waals surface area contributed by atoms with Crippen molar-refractivity contribution in [3.05, 3.63) is 47.9 Å². The number of hydrogen-bond acceptors (Lipinski definition) is 6. The van der Waals surface area contributed by atoms with Gasteiger partial charge in [0.15, 0.2) is 0 Å². The van der Waals surface area contributed by atoms with Gasteiger partial charge in [-0.25, -0.2) is 0 Å². The summed E-state index contributed by atoms with van der Waals surface area (Å²) < 4.78 is 44.7. The van der Waals surface area contributed by atoms with Gasteiger partial charge in [-0.1, -0.05) is 0 Å². The van der Waals surface area contributed by atoms with E-state index in [-0.39, 0.29) is 13.0 Å². The molecular weight excluding hydrogens is 386 g/mol. The number of nitrogens with zero attached hydrogens (tertiary/aromatic N) is 1. The van der Waals surface area contributed by atoms with Gasteiger partial charge in [-0.05, 0) is 36.8 Å². The van der Waals surface area contributed by atoms with Crippen molar-refractivity contribution in [2.24, 2.45) is 0 Å². The number of carbonyl (C=O) groups excluding carboxylic acids is 1. The van der Waals surface area contributed by atoms with E-state index in [4.69, 9.17) is 13.9 Å². The number of carbonyl (C=O) groups is 1. The summed E-state index contributed by atoms with van der Waals surface area (Å²) in [5, 5.41) is 2.72. The second-order valence-corrected chi connectivity index (χ2v) is 8.11. The molecule has 10 heteroatoms. The number of methoxy groups -OCH3 is 2. The van der Waals surface area contributed by atoms with E-state index in [9.17, 15) is 13.2 Å². The minimum absolute atomic E-state index is 0.177. The Morgan fingerprint density at radius 1 is 1.32 bits per heavy atom. The molecule has 2 N–H and O–H groups in total. The Bertz CT molecular complexity index is 929. The number of amides is 1. The Labute approximate surface area is 163 Å². The van der Waals surface area contributed by atoms with Crippen LogP contribution in [0.4, 0.5) is 0 Å². The van der Waals surface area contributed by atoms with Crippen LogP contribution in [0.15, 0.2) is 41.0 Å². The lowest BCUT2D eigenvalue weighted by Crippen LogP contribution is -2.57. The quantitative estimate of drug-likeness (QED) is 0.742. The first-order valence-electron chi connectivity index (χ1n) is 8.63. The van der Waals surface area contributed by atoms with Gasteiger partial charge in [0.05, 0.1) is 33.1 Å². The van der Waals surface area contributed by atoms with Crippen LogP contribution in [0.2, 0.25) is 0 Å². The largest absolute Gasteiger partial charge is 0.497 e. The van der Waals surface area contributed by atoms with E-state index < -0.39 is 28.2 Å². The number of likely N-dealkylation sites (N-methyl/N-ethyl adjacent to an activating group) is 1. The van der Waals surface area contributed by atoms with E-state index in [1.165, 1.54) is 27.5 Å². The van der Waals surface area contributed by atoms with Crippen LogP contribution in [0.25, 0.3) is 0 Å². The standard InChI is InChI=1S/C18H23N3O6S/c1-21-16(18(22)19-11-13-5-4-8-27-13)10-15(20-28(21,23)24)14-9-12(25-2)6-7-17(14)26-3/h4-9,15-16,20H,10-11H2,1-3H3,(H,19,22)/t15-,16+/m0/s1. The molecule has 2 atom stereocenters. The summed E-state index contributed by atoms with van der Waals surface area (Å²) in [5.41, 5.74) is 0.599. The molecule has 0 spiro atoms. The number of hydrogen-bond donors (Lipinski definition) is 2. The molecule has 1 aliphatic rings. The number of ether oxygens (including phenoxy) is 2. The third kappa shape index (κ3) is 4.13. The molecular formula is C18H23N3O6S. The molecule has 1 aromatic carbocycles. The molecule has 0 bridgehead atoms. The Morgan fingerprint density at radius 3 is 2.75 bits per heavy atom. The monoisotopic (exact) mass is 409 g/mol. The van der Waals surface area contributed by atoms with Gasteiger partial charge in [0.25, 0.3) is 10.2 Å². The fourth-order valence-electron chi connectivity index (χ4n) is 3.13. The first kappa shape index (κ1) is 20.2. The van der Waals surface area contributed by atoms with Gasteiger partial charge in [0, 0.05) is 12.6 Å². The highest BCUT2D eigenvalue weighted by Crippen LogP contribution is 2.35. The third-order valence-electron chi connectivity index (χ3n) is 4.70. The van der Waals surface area contributed by atoms with Crippen LogP contribution in [0, 0.1) is 0 Å². The lowest BCUT2D eigenvalue weighted by Gasteiger charge is -2.36. The van der Waals surface area contributed by atoms with Crippen molar-refractivity contribution in [1.82, 2.24) is 14.3 Å². The van der Waals surface area contributed by atoms with Gasteiger partial charge in [0.1, 0.15) is 23.3 Å². The molecule has 1 amide bonds. The average molecular weight is 409 g/mol. The van der Waals surface area contributed by atoms with E-state index in [0.29, 0.717) is 22.8 Å². The van der Waals surface area contributed by atoms with Crippen molar-refractivity contribution in [2.75, 3.05) is 21.3 Å². The number of rotatable bonds is 6. The zero-order valence-corrected chi connectivity index (χ0v) is 16.7. The molecule has 0 radical (unpaired) electrons. The molecule has 9 nitrogen and oxygen atoms in total. The zero-order valence-electron chi connectivity index (χ0n) is 15.8. The minimum Gasteiger partial charge on any atom is -0.497 e. The van der Waals surface area contributed by atoms with Crippen molar-refractivity contribution in [1.29, 1.82) is 0 Å². The summed E-state index contributed by atoms with van der Waals surface area (Å²) in [6, 6.07) is 7.04. The topological polar surface area (TPSA) is 110 Å². The molecule has 2 aromatic rings. The van der Waals surface area contributed by atoms with E-state index in [1.54, 1.807) is 30.3 Å². The van der Waals surface area contributed by atoms with Crippen molar-refractivity contribution >= 4 is 16.1 Å². The Morgan fingerprint density at radius 2 is 2.11 bits per heavy atom. The summed E-state index contributed by atoms with van der Waals surface area (Å²) >= 11 is 0. The lowest BCUT2D eigenvalue weighted by atomic mass is 9.98. The summed E-state index contributed by atoms with van der Waals surface area (Å²) in [6.07, 6.45) is 1.73. The summed E-state index contributed by atoms with van der Waals surface area (Å²) in [6.45, 7) is 0.177. The average Bonchev–Trinajstić information content (AvgIpc) is 3.21. The number of furan rings is 1. The molecule has 3 rings (SSSR count). The molecule has 152 valence electrons. The highest BCUT2D eigenvalue weighted by molar-refractivity contribution is 7.87. The Balaban J connectivity index is 1.85. The van der Waals surface area contributed by atoms with E-state index in [0.717, 1.165) is 4.31 Å². The molecule has 0 aliphatic carbocycles. The smallest absolute Gasteiger partial charge is 0.280 e. The van der Waals surface area contributed by atoms with Crippen LogP contribution < -0.4 is 19.5 Å². The summed E-state index contributed by atoms with van der Waals surface area (Å²) in [5.74, 6) is 1.25. The second-order valence-electron chi connectivity index (χ2n) is 6.35. The fraction of sp³-hybridized carbons (Fsp3) is 0.389. The van der Waals surface area contributed by atoms with Crippen LogP contribution in [0.5, 0.6) is 11.5 Å². The van der Waals surface area contributed by atoms with Gasteiger partial charge in [-0.3, -0.25) is 4.79 Å². The predicted molar refractivity (Wildman–Crippen MR) is 101 cm³/mol. The molecule has 2 heterocycles. The van der Waals surface area contributed by atoms with Crippen molar-refractivity contribution in [2.45, 2.75) is 25.0 Å². The third-order valence-corrected chi connectivity index (χ3v) is 6.30. The Kier molecular flexibility index (Phi) is 5.92. The van der Waals surface area contributed by atoms with E-state index >= 15 is 0 Å². The van der Waals surface area contributed by atoms with Gasteiger partial charge in [-0.2, -0.15) is 17.4 Å². The molecule has 1 aromatic heterocycles. The first-order chi connectivity index (χ1) is 13.4. The van der Waals surface area contributed by atoms with Crippen LogP contribution in [0.1, 0.15) is 23.8 Å². The predicted octanol–water partition coefficient (Wildman–Crippen LogP) is 1.19. The molecule has 0 saturated carbocycles. The maximum atomic E-state index is 12.7. The van der Waals surface area contributed by atoms with Crippen molar-refractivity contribution in [3.8, 4) is 11.5 Å². The van der Waals surface area contributed by atoms with Gasteiger partial charge >= 0.3 is 0 Å². The number of nitrogens with one attached hydrogen (secondary N) is 2. The zero-order chi connectivity index (χ0) is 20.3. The normalized spacial score (nSPS) is 21.8. The Hall–Kier alpha value is -2.56. The maximum absolute atomic E-state index is 12.7. The molecule has 28 heavy (non-hydrogen) atoms. The van der Waals surface area contributed by atoms with Gasteiger partial charge in [-0.15, -0.1) is 0 Å². The highest BCUT2D eigenvalue weighted by Gasteiger charge is 2.41. The van der Waals surface area contributed by atoms with Crippen LogP contribution >= 0.6 is 0 Å². The SMILES string of the molecule is COc1ccc(OC)c([C@@H]2C[C@H](C(=O)NCc3ccco3)N(C)S(=O)(=O)N2)c1. The summed E-state index contributed by atoms with van der Waals surface area (Å²) in [4.78, 5) is 12.7. The van der Waals surface area contributed by atoms with Gasteiger partial charge < -0.3 is 19.2 Å². The second kappa shape index (κ2) is 8.21. The minimum atomic E-state index is -3.87. The van der Waals surface area contributed by atoms with Crippen molar-refractivity contribution < 1.29 is 27.1 Å². The first-order valence-corrected chi connectivity index (χ1v) is 10.1. The molecule has 1 aliphatic heterocycles. The van der Waals surface area contributed by atoms with Crippen molar-refractivity contribution in [3.63, 3.8) is 0 Å². The van der Waals surface area contributed by atoms with E-state index in [2.05, 4.69) is 10.0 Å². The lowest BCUT2D eigenvalue weighted by molar-refractivity contribution is -0.125. The van der Waals surface area contributed by atoms with Crippen LogP contribution in [-0.4, -0.2) is 45.9 Å². The molecule has 0 unspecified atom stereocenters.